The number of hydrogen-bond donors (Lipinski definition) is 4. The normalized spacial score (nSPS) is 34.1. The van der Waals surface area contributed by atoms with Crippen molar-refractivity contribution in [2.45, 2.75) is 102 Å². The first-order valence-electron chi connectivity index (χ1n) is 15.1. The number of oxime groups is 1. The van der Waals surface area contributed by atoms with Crippen molar-refractivity contribution in [1.82, 2.24) is 5.32 Å². The minimum atomic E-state index is -0.275. The summed E-state index contributed by atoms with van der Waals surface area (Å²) in [5.74, 6) is 0.432. The summed E-state index contributed by atoms with van der Waals surface area (Å²) >= 11 is 15.3. The van der Waals surface area contributed by atoms with Crippen LogP contribution in [0.3, 0.4) is 0 Å². The van der Waals surface area contributed by atoms with Crippen molar-refractivity contribution < 1.29 is 24.4 Å². The van der Waals surface area contributed by atoms with Gasteiger partial charge in [-0.2, -0.15) is 0 Å². The van der Waals surface area contributed by atoms with Gasteiger partial charge in [-0.05, 0) is 76.2 Å². The average Bonchev–Trinajstić information content (AvgIpc) is 2.93. The number of likely N-dealkylation sites (tertiary alicyclic amines) is 1. The molecule has 1 amide bonds. The number of quaternary nitrogens is 1. The van der Waals surface area contributed by atoms with E-state index in [-0.39, 0.29) is 49.1 Å². The molecule has 1 aliphatic heterocycles. The number of halogens is 4. The predicted octanol–water partition coefficient (Wildman–Crippen LogP) is 4.17. The summed E-state index contributed by atoms with van der Waals surface area (Å²) in [7, 11) is 0. The molecule has 1 saturated heterocycles. The third-order valence-electron chi connectivity index (χ3n) is 8.57. The summed E-state index contributed by atoms with van der Waals surface area (Å²) in [6, 6.07) is 0. The number of piperidine rings is 1. The second-order valence-electron chi connectivity index (χ2n) is 11.8. The largest absolute Gasteiger partial charge is 0.410 e. The van der Waals surface area contributed by atoms with Gasteiger partial charge >= 0.3 is 0 Å². The molecule has 0 aromatic heterocycles. The Bertz CT molecular complexity index is 753. The van der Waals surface area contributed by atoms with E-state index in [1.165, 1.54) is 38.9 Å². The first-order chi connectivity index (χ1) is 19.3. The molecular formula is C28H49Br4N4O4+. The summed E-state index contributed by atoms with van der Waals surface area (Å²) in [5, 5.41) is 16.0. The molecule has 5 N–H and O–H groups in total. The lowest BCUT2D eigenvalue weighted by Gasteiger charge is -2.37. The number of carbonyl (C=O) groups is 1. The van der Waals surface area contributed by atoms with E-state index in [0.29, 0.717) is 32.0 Å². The number of nitrogens with two attached hydrogens (primary N) is 1. The Balaban J connectivity index is 1.34. The van der Waals surface area contributed by atoms with Crippen LogP contribution in [0.4, 0.5) is 0 Å². The second kappa shape index (κ2) is 19.2. The number of alkyl halides is 4. The van der Waals surface area contributed by atoms with Crippen LogP contribution in [0.5, 0.6) is 0 Å². The maximum Gasteiger partial charge on any atom is 0.269 e. The maximum atomic E-state index is 12.8. The molecule has 8 nitrogen and oxygen atoms in total. The summed E-state index contributed by atoms with van der Waals surface area (Å²) in [6.45, 7) is 6.45. The lowest BCUT2D eigenvalue weighted by atomic mass is 9.83. The van der Waals surface area contributed by atoms with E-state index < -0.39 is 0 Å². The highest BCUT2D eigenvalue weighted by molar-refractivity contribution is 9.10. The molecule has 232 valence electrons. The van der Waals surface area contributed by atoms with Crippen LogP contribution in [0.25, 0.3) is 0 Å². The van der Waals surface area contributed by atoms with Crippen LogP contribution in [0, 0.1) is 11.8 Å². The van der Waals surface area contributed by atoms with Crippen molar-refractivity contribution in [2.24, 2.45) is 22.7 Å². The van der Waals surface area contributed by atoms with Crippen LogP contribution in [-0.4, -0.2) is 94.3 Å². The molecule has 0 spiro atoms. The zero-order chi connectivity index (χ0) is 28.9. The van der Waals surface area contributed by atoms with Crippen molar-refractivity contribution in [3.63, 3.8) is 0 Å². The molecule has 0 aromatic rings. The first kappa shape index (κ1) is 35.2. The Labute approximate surface area is 274 Å². The van der Waals surface area contributed by atoms with Gasteiger partial charge in [0.05, 0.1) is 38.4 Å². The topological polar surface area (TPSA) is 111 Å². The Morgan fingerprint density at radius 2 is 1.43 bits per heavy atom. The summed E-state index contributed by atoms with van der Waals surface area (Å²) in [6.07, 6.45) is 11.4. The molecule has 3 fully saturated rings. The average molecular weight is 825 g/mol. The molecule has 3 aliphatic rings. The zero-order valence-corrected chi connectivity index (χ0v) is 29.9. The van der Waals surface area contributed by atoms with Gasteiger partial charge in [0.1, 0.15) is 5.71 Å². The fourth-order valence-corrected chi connectivity index (χ4v) is 11.4. The van der Waals surface area contributed by atoms with Crippen molar-refractivity contribution in [3.05, 3.63) is 0 Å². The Morgan fingerprint density at radius 3 is 1.98 bits per heavy atom. The number of nitrogens with one attached hydrogen (secondary N) is 2. The van der Waals surface area contributed by atoms with Crippen LogP contribution >= 0.6 is 63.7 Å². The Kier molecular flexibility index (Phi) is 16.9. The van der Waals surface area contributed by atoms with Gasteiger partial charge in [0.15, 0.2) is 0 Å². The van der Waals surface area contributed by atoms with Crippen LogP contribution in [0.2, 0.25) is 0 Å². The number of rotatable bonds is 15. The van der Waals surface area contributed by atoms with E-state index in [1.54, 1.807) is 4.90 Å². The van der Waals surface area contributed by atoms with Crippen molar-refractivity contribution in [3.8, 4) is 0 Å². The minimum Gasteiger partial charge on any atom is -0.410 e. The van der Waals surface area contributed by atoms with Crippen molar-refractivity contribution >= 4 is 75.3 Å². The summed E-state index contributed by atoms with van der Waals surface area (Å²) < 4.78 is 12.3. The molecule has 40 heavy (non-hydrogen) atoms. The van der Waals surface area contributed by atoms with Gasteiger partial charge < -0.3 is 30.6 Å². The van der Waals surface area contributed by atoms with E-state index in [1.807, 2.05) is 0 Å². The van der Waals surface area contributed by atoms with E-state index in [4.69, 9.17) is 15.2 Å². The highest BCUT2D eigenvalue weighted by Crippen LogP contribution is 2.38. The zero-order valence-electron chi connectivity index (χ0n) is 23.6. The third-order valence-corrected chi connectivity index (χ3v) is 12.1. The highest BCUT2D eigenvalue weighted by Gasteiger charge is 2.38. The van der Waals surface area contributed by atoms with Crippen LogP contribution < -0.4 is 16.0 Å². The second-order valence-corrected chi connectivity index (χ2v) is 16.5. The molecule has 1 heterocycles. The molecule has 2 saturated carbocycles. The van der Waals surface area contributed by atoms with Gasteiger partial charge in [0.25, 0.3) is 5.91 Å². The molecule has 2 aliphatic carbocycles. The lowest BCUT2D eigenvalue weighted by Crippen LogP contribution is -3.12. The van der Waals surface area contributed by atoms with Gasteiger partial charge in [-0.1, -0.05) is 68.9 Å². The predicted molar refractivity (Wildman–Crippen MR) is 175 cm³/mol. The molecular weight excluding hydrogens is 776 g/mol. The monoisotopic (exact) mass is 821 g/mol. The summed E-state index contributed by atoms with van der Waals surface area (Å²) in [5.41, 5.74) is 5.79. The Morgan fingerprint density at radius 1 is 0.875 bits per heavy atom. The fourth-order valence-electron chi connectivity index (χ4n) is 6.37. The molecule has 0 bridgehead atoms. The standard InChI is InChI=1S/C28H48Br4N4O4/c29-21-14-19(15-22(30)26(21)39-12-4-7-33)6-8-34-28(37)25(35-38)18-20-16-23(31)27(24(32)17-20)40-13-5-11-36-9-2-1-3-10-36/h19-24,26-27,38H,1-18,33H2,(H,34,37)/p+1. The number of ether oxygens (including phenoxy) is 2. The maximum absolute atomic E-state index is 12.8. The van der Waals surface area contributed by atoms with E-state index in [2.05, 4.69) is 74.2 Å². The van der Waals surface area contributed by atoms with Crippen LogP contribution in [-0.2, 0) is 14.3 Å². The SMILES string of the molecule is NCCCOC1C(Br)CC(CCNC(=O)C(CC2CC(Br)C(OCCC[NH+]3CCCCC3)C(Br)C2)=NO)CC1Br. The molecule has 3 rings (SSSR count). The minimum absolute atomic E-state index is 0.105. The lowest BCUT2D eigenvalue weighted by molar-refractivity contribution is -0.905. The number of amides is 1. The number of hydrogen-bond acceptors (Lipinski definition) is 6. The van der Waals surface area contributed by atoms with Crippen molar-refractivity contribution in [1.29, 1.82) is 0 Å². The number of carbonyl (C=O) groups excluding carboxylic acids is 1. The van der Waals surface area contributed by atoms with Gasteiger partial charge in [-0.25, -0.2) is 0 Å². The van der Waals surface area contributed by atoms with Crippen LogP contribution in [0.1, 0.15) is 70.6 Å². The van der Waals surface area contributed by atoms with Gasteiger partial charge in [0.2, 0.25) is 0 Å². The van der Waals surface area contributed by atoms with E-state index >= 15 is 0 Å². The van der Waals surface area contributed by atoms with Gasteiger partial charge in [-0.3, -0.25) is 4.79 Å². The molecule has 4 unspecified atom stereocenters. The number of nitrogens with zero attached hydrogens (tertiary/aromatic N) is 1. The van der Waals surface area contributed by atoms with Crippen molar-refractivity contribution in [2.75, 3.05) is 45.9 Å². The third kappa shape index (κ3) is 11.7. The van der Waals surface area contributed by atoms with E-state index in [0.717, 1.165) is 51.6 Å². The molecule has 0 radical (unpaired) electrons. The first-order valence-corrected chi connectivity index (χ1v) is 18.8. The van der Waals surface area contributed by atoms with E-state index in [9.17, 15) is 10.0 Å². The highest BCUT2D eigenvalue weighted by atomic mass is 79.9. The molecule has 4 atom stereocenters. The van der Waals surface area contributed by atoms with Crippen LogP contribution in [0.15, 0.2) is 5.16 Å². The van der Waals surface area contributed by atoms with Gasteiger partial charge in [0, 0.05) is 45.3 Å². The fraction of sp³-hybridized carbons (Fsp3) is 0.929. The molecule has 12 heteroatoms. The quantitative estimate of drug-likeness (QED) is 0.0653. The Hall–Kier alpha value is 0.700. The molecule has 0 aromatic carbocycles. The van der Waals surface area contributed by atoms with Gasteiger partial charge in [-0.15, -0.1) is 0 Å². The smallest absolute Gasteiger partial charge is 0.269 e. The summed E-state index contributed by atoms with van der Waals surface area (Å²) in [4.78, 5) is 15.5.